The van der Waals surface area contributed by atoms with Gasteiger partial charge in [0.25, 0.3) is 0 Å². The topological polar surface area (TPSA) is 86.9 Å². The van der Waals surface area contributed by atoms with Gasteiger partial charge in [0.05, 0.1) is 0 Å². The molecule has 0 atom stereocenters. The number of nitrogens with one attached hydrogen (secondary N) is 1. The Morgan fingerprint density at radius 2 is 2.07 bits per heavy atom. The predicted molar refractivity (Wildman–Crippen MR) is 125 cm³/mol. The predicted octanol–water partition coefficient (Wildman–Crippen LogP) is 3.47. The van der Waals surface area contributed by atoms with Crippen LogP contribution in [0.3, 0.4) is 0 Å². The average molecular weight is 405 g/mol. The molecule has 1 aromatic heterocycles. The van der Waals surface area contributed by atoms with Crippen LogP contribution in [0.2, 0.25) is 0 Å². The van der Waals surface area contributed by atoms with Crippen molar-refractivity contribution in [2.75, 3.05) is 47.5 Å². The minimum absolute atomic E-state index is 0. The van der Waals surface area contributed by atoms with Crippen molar-refractivity contribution in [2.24, 2.45) is 4.99 Å². The highest BCUT2D eigenvalue weighted by atomic mass is 16.2. The summed E-state index contributed by atoms with van der Waals surface area (Å²) in [6.07, 6.45) is 6.00. The fourth-order valence-electron chi connectivity index (χ4n) is 4.01. The Labute approximate surface area is 178 Å². The smallest absolute Gasteiger partial charge is 0.327 e. The van der Waals surface area contributed by atoms with Gasteiger partial charge in [-0.05, 0) is 37.1 Å². The number of benzene rings is 1. The maximum atomic E-state index is 13.1. The third-order valence-electron chi connectivity index (χ3n) is 5.51. The Morgan fingerprint density at radius 1 is 1.30 bits per heavy atom. The number of urea groups is 1. The number of carbonyl (C=O) groups is 1. The van der Waals surface area contributed by atoms with Crippen LogP contribution in [0.1, 0.15) is 31.0 Å². The van der Waals surface area contributed by atoms with E-state index >= 15 is 0 Å². The molecule has 0 bridgehead atoms. The van der Waals surface area contributed by atoms with Gasteiger partial charge in [0.15, 0.2) is 0 Å². The van der Waals surface area contributed by atoms with Gasteiger partial charge in [-0.25, -0.2) is 9.78 Å². The Hall–Kier alpha value is -3.53. The summed E-state index contributed by atoms with van der Waals surface area (Å²) in [4.78, 5) is 25.7. The van der Waals surface area contributed by atoms with Gasteiger partial charge in [-0.1, -0.05) is 0 Å². The van der Waals surface area contributed by atoms with Crippen molar-refractivity contribution in [3.63, 3.8) is 0 Å². The summed E-state index contributed by atoms with van der Waals surface area (Å²) in [5, 5.41) is 3.00. The van der Waals surface area contributed by atoms with Gasteiger partial charge in [0.1, 0.15) is 5.82 Å². The fourth-order valence-corrected chi connectivity index (χ4v) is 4.01. The first-order chi connectivity index (χ1) is 14.6. The standard InChI is InChI=1S/C23H26N6O.H2/c1-16-13-18(14-17(15-25-2)21(16)24)27-23(30)29-12-8-19-20(7-9-26-22(19)29)28-10-5-3-4-6-11-28;/h7,9,13-15H,5-6,8,10-12,24H2,1-2H3,(H,27,30);1H. The van der Waals surface area contributed by atoms with Crippen molar-refractivity contribution >= 4 is 35.1 Å². The Morgan fingerprint density at radius 3 is 2.80 bits per heavy atom. The quantitative estimate of drug-likeness (QED) is 0.466. The lowest BCUT2D eigenvalue weighted by molar-refractivity contribution is 0.257. The van der Waals surface area contributed by atoms with Gasteiger partial charge < -0.3 is 16.0 Å². The van der Waals surface area contributed by atoms with Gasteiger partial charge in [-0.15, -0.1) is 11.8 Å². The van der Waals surface area contributed by atoms with Crippen LogP contribution in [0.15, 0.2) is 29.4 Å². The first-order valence-electron chi connectivity index (χ1n) is 10.2. The molecule has 4 rings (SSSR count). The Kier molecular flexibility index (Phi) is 5.57. The van der Waals surface area contributed by atoms with E-state index in [2.05, 4.69) is 32.0 Å². The molecule has 0 aliphatic carbocycles. The molecule has 0 unspecified atom stereocenters. The van der Waals surface area contributed by atoms with Crippen molar-refractivity contribution in [1.82, 2.24) is 4.98 Å². The highest BCUT2D eigenvalue weighted by Gasteiger charge is 2.29. The number of rotatable bonds is 3. The normalized spacial score (nSPS) is 15.5. The molecular formula is C23H28N6O. The maximum absolute atomic E-state index is 13.1. The summed E-state index contributed by atoms with van der Waals surface area (Å²) in [6.45, 7) is 4.33. The summed E-state index contributed by atoms with van der Waals surface area (Å²) < 4.78 is 0. The number of carbonyl (C=O) groups excluding carboxylic acids is 1. The summed E-state index contributed by atoms with van der Waals surface area (Å²) in [5.74, 6) is 7.12. The number of anilines is 4. The number of fused-ring (bicyclic) bond motifs is 1. The second-order valence-electron chi connectivity index (χ2n) is 7.49. The number of aliphatic imine (C=N–C) groups is 1. The summed E-state index contributed by atoms with van der Waals surface area (Å²) in [5.41, 5.74) is 11.4. The second kappa shape index (κ2) is 8.46. The highest BCUT2D eigenvalue weighted by molar-refractivity contribution is 6.04. The van der Waals surface area contributed by atoms with E-state index in [9.17, 15) is 4.79 Å². The third-order valence-corrected chi connectivity index (χ3v) is 5.51. The monoisotopic (exact) mass is 404 g/mol. The van der Waals surface area contributed by atoms with Gasteiger partial charge in [-0.3, -0.25) is 9.89 Å². The van der Waals surface area contributed by atoms with Crippen molar-refractivity contribution in [3.05, 3.63) is 41.1 Å². The van der Waals surface area contributed by atoms with E-state index in [0.717, 1.165) is 60.5 Å². The molecule has 2 aromatic rings. The van der Waals surface area contributed by atoms with Crippen molar-refractivity contribution in [2.45, 2.75) is 26.2 Å². The van der Waals surface area contributed by atoms with Gasteiger partial charge >= 0.3 is 6.03 Å². The molecule has 30 heavy (non-hydrogen) atoms. The van der Waals surface area contributed by atoms with E-state index in [-0.39, 0.29) is 7.46 Å². The first kappa shape index (κ1) is 19.8. The summed E-state index contributed by atoms with van der Waals surface area (Å²) in [6, 6.07) is 5.57. The van der Waals surface area contributed by atoms with Gasteiger partial charge in [0, 0.05) is 81.6 Å². The number of hydrogen-bond donors (Lipinski definition) is 2. The molecule has 1 aromatic carbocycles. The molecule has 7 heteroatoms. The van der Waals surface area contributed by atoms with Crippen molar-refractivity contribution in [1.29, 1.82) is 0 Å². The minimum Gasteiger partial charge on any atom is -0.398 e. The Balaban J connectivity index is 0.00000272. The molecule has 0 saturated heterocycles. The van der Waals surface area contributed by atoms with Crippen LogP contribution in [0, 0.1) is 18.8 Å². The zero-order chi connectivity index (χ0) is 21.1. The maximum Gasteiger partial charge on any atom is 0.327 e. The largest absolute Gasteiger partial charge is 0.398 e. The van der Waals surface area contributed by atoms with Crippen molar-refractivity contribution < 1.29 is 6.22 Å². The lowest BCUT2D eigenvalue weighted by Crippen LogP contribution is -2.34. The van der Waals surface area contributed by atoms with E-state index < -0.39 is 0 Å². The molecule has 156 valence electrons. The zero-order valence-corrected chi connectivity index (χ0v) is 17.4. The van der Waals surface area contributed by atoms with E-state index in [4.69, 9.17) is 5.73 Å². The number of aromatic nitrogens is 1. The summed E-state index contributed by atoms with van der Waals surface area (Å²) >= 11 is 0. The van der Waals surface area contributed by atoms with E-state index in [0.29, 0.717) is 17.9 Å². The fraction of sp³-hybridized carbons (Fsp3) is 0.348. The number of nitrogen functional groups attached to an aromatic ring is 1. The molecule has 3 N–H and O–H groups in total. The van der Waals surface area contributed by atoms with E-state index in [1.54, 1.807) is 24.4 Å². The molecular weight excluding hydrogens is 376 g/mol. The third kappa shape index (κ3) is 3.81. The molecule has 0 saturated carbocycles. The molecule has 2 aliphatic heterocycles. The SMILES string of the molecule is CN=Cc1cc(NC(=O)N2CCc3c(N4CCC#CCC4)ccnc32)cc(C)c1N.[HH]. The van der Waals surface area contributed by atoms with Crippen molar-refractivity contribution in [3.8, 4) is 11.8 Å². The number of aryl methyl sites for hydroxylation is 1. The molecule has 0 fully saturated rings. The van der Waals surface area contributed by atoms with Crippen LogP contribution in [0.5, 0.6) is 0 Å². The molecule has 0 spiro atoms. The van der Waals surface area contributed by atoms with Crippen LogP contribution >= 0.6 is 0 Å². The molecule has 2 amide bonds. The average Bonchev–Trinajstić information content (AvgIpc) is 2.99. The number of amides is 2. The summed E-state index contributed by atoms with van der Waals surface area (Å²) in [7, 11) is 1.70. The molecule has 7 nitrogen and oxygen atoms in total. The number of hydrogen-bond acceptors (Lipinski definition) is 5. The lowest BCUT2D eigenvalue weighted by atomic mass is 10.1. The lowest BCUT2D eigenvalue weighted by Gasteiger charge is -2.25. The second-order valence-corrected chi connectivity index (χ2v) is 7.49. The number of pyridine rings is 1. The minimum atomic E-state index is -0.193. The van der Waals surface area contributed by atoms with E-state index in [1.807, 2.05) is 25.1 Å². The zero-order valence-electron chi connectivity index (χ0n) is 17.4. The molecule has 0 radical (unpaired) electrons. The van der Waals surface area contributed by atoms with Crippen LogP contribution in [0.25, 0.3) is 0 Å². The van der Waals surface area contributed by atoms with Crippen LogP contribution in [-0.4, -0.2) is 43.9 Å². The number of nitrogens with two attached hydrogens (primary N) is 1. The van der Waals surface area contributed by atoms with Crippen LogP contribution < -0.4 is 20.9 Å². The number of nitrogens with zero attached hydrogens (tertiary/aromatic N) is 4. The molecule has 2 aliphatic rings. The van der Waals surface area contributed by atoms with Crippen LogP contribution in [0.4, 0.5) is 27.7 Å². The van der Waals surface area contributed by atoms with Gasteiger partial charge in [0.2, 0.25) is 0 Å². The van der Waals surface area contributed by atoms with E-state index in [1.165, 1.54) is 0 Å². The van der Waals surface area contributed by atoms with Gasteiger partial charge in [-0.2, -0.15) is 0 Å². The van der Waals surface area contributed by atoms with Crippen LogP contribution in [-0.2, 0) is 6.42 Å². The first-order valence-corrected chi connectivity index (χ1v) is 10.2. The molecule has 3 heterocycles. The Bertz CT molecular complexity index is 1060. The highest BCUT2D eigenvalue weighted by Crippen LogP contribution is 2.34.